The van der Waals surface area contributed by atoms with E-state index >= 15 is 0 Å². The van der Waals surface area contributed by atoms with E-state index in [0.29, 0.717) is 11.8 Å². The van der Waals surface area contributed by atoms with Crippen LogP contribution < -0.4 is 10.2 Å². The van der Waals surface area contributed by atoms with Crippen LogP contribution in [0, 0.1) is 23.7 Å². The molecule has 0 unspecified atom stereocenters. The maximum Gasteiger partial charge on any atom is 0.416 e. The molecule has 2 aromatic carbocycles. The first-order chi connectivity index (χ1) is 17.0. The van der Waals surface area contributed by atoms with Crippen molar-refractivity contribution in [1.29, 1.82) is 0 Å². The van der Waals surface area contributed by atoms with E-state index in [0.717, 1.165) is 31.4 Å². The molecule has 188 valence electrons. The van der Waals surface area contributed by atoms with E-state index in [4.69, 9.17) is 16.3 Å². The van der Waals surface area contributed by atoms with Crippen molar-refractivity contribution in [2.45, 2.75) is 25.4 Å². The Kier molecular flexibility index (Phi) is 6.02. The Morgan fingerprint density at radius 2 is 1.61 bits per heavy atom. The molecule has 1 heterocycles. The first-order valence-electron chi connectivity index (χ1n) is 11.4. The fourth-order valence-electron chi connectivity index (χ4n) is 5.61. The van der Waals surface area contributed by atoms with Crippen LogP contribution >= 0.6 is 11.6 Å². The van der Waals surface area contributed by atoms with Gasteiger partial charge in [0, 0.05) is 0 Å². The maximum atomic E-state index is 12.9. The second-order valence-corrected chi connectivity index (χ2v) is 9.67. The predicted molar refractivity (Wildman–Crippen MR) is 122 cm³/mol. The van der Waals surface area contributed by atoms with Crippen molar-refractivity contribution in [1.82, 2.24) is 0 Å². The molecule has 5 rings (SSSR count). The molecule has 11 heteroatoms. The number of nitrogens with one attached hydrogen (secondary N) is 1. The first kappa shape index (κ1) is 24.3. The highest BCUT2D eigenvalue weighted by Crippen LogP contribution is 2.56. The number of amides is 3. The number of esters is 1. The molecule has 2 aromatic rings. The van der Waals surface area contributed by atoms with Crippen molar-refractivity contribution in [3.05, 3.63) is 58.6 Å². The van der Waals surface area contributed by atoms with Crippen LogP contribution in [0.25, 0.3) is 0 Å². The molecule has 1 N–H and O–H groups in total. The van der Waals surface area contributed by atoms with E-state index in [1.807, 2.05) is 0 Å². The summed E-state index contributed by atoms with van der Waals surface area (Å²) < 4.78 is 43.6. The second-order valence-electron chi connectivity index (χ2n) is 9.26. The number of imide groups is 1. The Morgan fingerprint density at radius 1 is 1.00 bits per heavy atom. The van der Waals surface area contributed by atoms with Crippen molar-refractivity contribution in [3.8, 4) is 0 Å². The molecule has 7 nitrogen and oxygen atoms in total. The summed E-state index contributed by atoms with van der Waals surface area (Å²) in [6.07, 6.45) is -1.75. The molecule has 3 fully saturated rings. The average molecular weight is 521 g/mol. The summed E-state index contributed by atoms with van der Waals surface area (Å²) >= 11 is 5.85. The molecule has 36 heavy (non-hydrogen) atoms. The van der Waals surface area contributed by atoms with Crippen LogP contribution in [0.3, 0.4) is 0 Å². The first-order valence-corrected chi connectivity index (χ1v) is 11.7. The summed E-state index contributed by atoms with van der Waals surface area (Å²) in [4.78, 5) is 51.5. The zero-order valence-corrected chi connectivity index (χ0v) is 19.4. The number of benzene rings is 2. The number of carbonyl (C=O) groups excluding carboxylic acids is 4. The largest absolute Gasteiger partial charge is 0.452 e. The van der Waals surface area contributed by atoms with Crippen LogP contribution in [-0.4, -0.2) is 30.3 Å². The highest BCUT2D eigenvalue weighted by molar-refractivity contribution is 6.33. The molecule has 1 aliphatic heterocycles. The van der Waals surface area contributed by atoms with Crippen molar-refractivity contribution < 1.29 is 37.1 Å². The van der Waals surface area contributed by atoms with Crippen LogP contribution in [0.2, 0.25) is 5.02 Å². The summed E-state index contributed by atoms with van der Waals surface area (Å²) in [7, 11) is 0. The lowest BCUT2D eigenvalue weighted by molar-refractivity contribution is -0.137. The lowest BCUT2D eigenvalue weighted by Gasteiger charge is -2.19. The zero-order chi connectivity index (χ0) is 25.8. The highest BCUT2D eigenvalue weighted by Gasteiger charge is 2.61. The molecule has 0 radical (unpaired) electrons. The van der Waals surface area contributed by atoms with Gasteiger partial charge in [0.05, 0.1) is 39.4 Å². The van der Waals surface area contributed by atoms with Gasteiger partial charge in [-0.2, -0.15) is 13.2 Å². The van der Waals surface area contributed by atoms with Gasteiger partial charge >= 0.3 is 12.1 Å². The van der Waals surface area contributed by atoms with Gasteiger partial charge in [-0.3, -0.25) is 19.3 Å². The standard InChI is InChI=1S/C25H20ClF3N2O5/c26-17-8-5-15(25(27,28)29)10-18(17)30-19(32)11-36-24(35)12-3-6-16(7-4-12)31-22(33)20-13-1-2-14(9-13)21(20)23(31)34/h3-8,10,13-14,20-21H,1-2,9,11H2,(H,30,32)/t13-,14-,20+,21+/m0/s1. The molecule has 3 amide bonds. The fourth-order valence-corrected chi connectivity index (χ4v) is 5.77. The van der Waals surface area contributed by atoms with Crippen LogP contribution in [0.5, 0.6) is 0 Å². The number of ether oxygens (including phenoxy) is 1. The van der Waals surface area contributed by atoms with Crippen molar-refractivity contribution in [2.75, 3.05) is 16.8 Å². The molecule has 2 saturated carbocycles. The van der Waals surface area contributed by atoms with Gasteiger partial charge in [0.15, 0.2) is 6.61 Å². The fraction of sp³-hybridized carbons (Fsp3) is 0.360. The Bertz CT molecular complexity index is 1240. The van der Waals surface area contributed by atoms with Gasteiger partial charge in [0.2, 0.25) is 11.8 Å². The van der Waals surface area contributed by atoms with E-state index < -0.39 is 30.2 Å². The Balaban J connectivity index is 1.20. The van der Waals surface area contributed by atoms with E-state index in [2.05, 4.69) is 5.32 Å². The Labute approximate surface area is 208 Å². The molecular formula is C25H20ClF3N2O5. The predicted octanol–water partition coefficient (Wildman–Crippen LogP) is 4.69. The normalized spacial score (nSPS) is 24.7. The number of fused-ring (bicyclic) bond motifs is 5. The smallest absolute Gasteiger partial charge is 0.416 e. The third-order valence-electron chi connectivity index (χ3n) is 7.19. The summed E-state index contributed by atoms with van der Waals surface area (Å²) in [5, 5.41) is 2.08. The minimum absolute atomic E-state index is 0.0722. The maximum absolute atomic E-state index is 12.9. The van der Waals surface area contributed by atoms with Gasteiger partial charge < -0.3 is 10.1 Å². The van der Waals surface area contributed by atoms with Crippen LogP contribution in [0.15, 0.2) is 42.5 Å². The van der Waals surface area contributed by atoms with Crippen molar-refractivity contribution >= 4 is 46.7 Å². The molecule has 3 aliphatic rings. The van der Waals surface area contributed by atoms with Gasteiger partial charge in [-0.1, -0.05) is 11.6 Å². The molecule has 1 saturated heterocycles. The van der Waals surface area contributed by atoms with E-state index in [1.54, 1.807) is 0 Å². The monoisotopic (exact) mass is 520 g/mol. The molecular weight excluding hydrogens is 501 g/mol. The average Bonchev–Trinajstić information content (AvgIpc) is 3.52. The highest BCUT2D eigenvalue weighted by atomic mass is 35.5. The van der Waals surface area contributed by atoms with Gasteiger partial charge in [-0.05, 0) is 73.6 Å². The number of alkyl halides is 3. The third-order valence-corrected chi connectivity index (χ3v) is 7.52. The van der Waals surface area contributed by atoms with E-state index in [1.165, 1.54) is 29.2 Å². The zero-order valence-electron chi connectivity index (χ0n) is 18.7. The Hall–Kier alpha value is -3.40. The molecule has 2 aliphatic carbocycles. The van der Waals surface area contributed by atoms with Crippen molar-refractivity contribution in [2.24, 2.45) is 23.7 Å². The number of nitrogens with zero attached hydrogens (tertiary/aromatic N) is 1. The van der Waals surface area contributed by atoms with Gasteiger partial charge in [0.1, 0.15) is 0 Å². The lowest BCUT2D eigenvalue weighted by atomic mass is 9.81. The number of hydrogen-bond donors (Lipinski definition) is 1. The van der Waals surface area contributed by atoms with Crippen LogP contribution in [-0.2, 0) is 25.3 Å². The second kappa shape index (κ2) is 8.92. The number of halogens is 4. The SMILES string of the molecule is O=C(COC(=O)c1ccc(N2C(=O)[C@@H]3[C@H]4CC[C@@H](C4)[C@H]3C2=O)cc1)Nc1cc(C(F)(F)F)ccc1Cl. The van der Waals surface area contributed by atoms with E-state index in [9.17, 15) is 32.3 Å². The molecule has 4 atom stereocenters. The molecule has 0 aromatic heterocycles. The third kappa shape index (κ3) is 4.23. The Morgan fingerprint density at radius 3 is 2.19 bits per heavy atom. The number of anilines is 2. The van der Waals surface area contributed by atoms with Crippen LogP contribution in [0.4, 0.5) is 24.5 Å². The summed E-state index contributed by atoms with van der Waals surface area (Å²) in [5.74, 6) is -2.14. The van der Waals surface area contributed by atoms with Gasteiger partial charge in [0.25, 0.3) is 5.91 Å². The number of hydrogen-bond acceptors (Lipinski definition) is 5. The van der Waals surface area contributed by atoms with E-state index in [-0.39, 0.29) is 51.8 Å². The quantitative estimate of drug-likeness (QED) is 0.456. The number of rotatable bonds is 5. The van der Waals surface area contributed by atoms with Crippen LogP contribution in [0.1, 0.15) is 35.2 Å². The number of carbonyl (C=O) groups is 4. The molecule has 2 bridgehead atoms. The topological polar surface area (TPSA) is 92.8 Å². The minimum atomic E-state index is -4.62. The minimum Gasteiger partial charge on any atom is -0.452 e. The summed E-state index contributed by atoms with van der Waals surface area (Å²) in [5.41, 5.74) is -0.823. The summed E-state index contributed by atoms with van der Waals surface area (Å²) in [6, 6.07) is 8.16. The lowest BCUT2D eigenvalue weighted by Crippen LogP contribution is -2.32. The van der Waals surface area contributed by atoms with Gasteiger partial charge in [-0.15, -0.1) is 0 Å². The van der Waals surface area contributed by atoms with Gasteiger partial charge in [-0.25, -0.2) is 4.79 Å². The summed E-state index contributed by atoms with van der Waals surface area (Å²) in [6.45, 7) is -0.762. The van der Waals surface area contributed by atoms with Crippen molar-refractivity contribution in [3.63, 3.8) is 0 Å². The molecule has 0 spiro atoms.